The molecule has 0 aliphatic rings. The number of hydrogen-bond acceptors (Lipinski definition) is 2. The lowest BCUT2D eigenvalue weighted by Gasteiger charge is -2.07. The first-order valence-corrected chi connectivity index (χ1v) is 8.97. The molecule has 2 aromatic carbocycles. The molecule has 0 aromatic heterocycles. The van der Waals surface area contributed by atoms with Crippen molar-refractivity contribution in [2.75, 3.05) is 11.1 Å². The summed E-state index contributed by atoms with van der Waals surface area (Å²) in [5, 5.41) is 2.48. The normalized spacial score (nSPS) is 11.9. The zero-order valence-electron chi connectivity index (χ0n) is 11.7. The van der Waals surface area contributed by atoms with E-state index >= 15 is 0 Å². The van der Waals surface area contributed by atoms with Crippen LogP contribution in [0.2, 0.25) is 0 Å². The van der Waals surface area contributed by atoms with Gasteiger partial charge in [-0.2, -0.15) is 0 Å². The molecule has 6 heteroatoms. The van der Waals surface area contributed by atoms with E-state index in [1.54, 1.807) is 12.1 Å². The molecule has 1 N–H and O–H groups in total. The summed E-state index contributed by atoms with van der Waals surface area (Å²) in [6, 6.07) is 13.5. The van der Waals surface area contributed by atoms with E-state index < -0.39 is 16.6 Å². The zero-order valence-corrected chi connectivity index (χ0v) is 14.1. The summed E-state index contributed by atoms with van der Waals surface area (Å²) in [5.41, 5.74) is 1.08. The van der Waals surface area contributed by atoms with Crippen LogP contribution in [0, 0.1) is 5.82 Å². The second-order valence-corrected chi connectivity index (χ2v) is 7.09. The fourth-order valence-electron chi connectivity index (χ4n) is 1.84. The average molecular weight is 384 g/mol. The molecule has 1 atom stereocenters. The van der Waals surface area contributed by atoms with Crippen LogP contribution in [0.15, 0.2) is 53.0 Å². The topological polar surface area (TPSA) is 46.2 Å². The van der Waals surface area contributed by atoms with Crippen LogP contribution in [0.3, 0.4) is 0 Å². The van der Waals surface area contributed by atoms with Gasteiger partial charge in [-0.3, -0.25) is 9.00 Å². The van der Waals surface area contributed by atoms with Crippen molar-refractivity contribution in [3.05, 3.63) is 64.4 Å². The second-order valence-electron chi connectivity index (χ2n) is 4.66. The van der Waals surface area contributed by atoms with Crippen molar-refractivity contribution in [3.8, 4) is 0 Å². The molecule has 22 heavy (non-hydrogen) atoms. The van der Waals surface area contributed by atoms with Crippen LogP contribution in [-0.4, -0.2) is 15.9 Å². The van der Waals surface area contributed by atoms with E-state index in [1.807, 2.05) is 24.3 Å². The van der Waals surface area contributed by atoms with Crippen molar-refractivity contribution in [1.29, 1.82) is 0 Å². The van der Waals surface area contributed by atoms with E-state index in [0.29, 0.717) is 5.75 Å². The molecule has 116 valence electrons. The second kappa shape index (κ2) is 8.19. The minimum atomic E-state index is -1.15. The molecule has 0 radical (unpaired) electrons. The molecular weight excluding hydrogens is 369 g/mol. The van der Waals surface area contributed by atoms with Crippen molar-refractivity contribution >= 4 is 38.3 Å². The third-order valence-corrected chi connectivity index (χ3v) is 5.05. The molecule has 0 spiro atoms. The Kier molecular flexibility index (Phi) is 6.27. The average Bonchev–Trinajstić information content (AvgIpc) is 2.50. The van der Waals surface area contributed by atoms with Gasteiger partial charge in [0.25, 0.3) is 0 Å². The molecule has 0 fully saturated rings. The van der Waals surface area contributed by atoms with E-state index in [0.717, 1.165) is 10.0 Å². The molecule has 1 amide bonds. The summed E-state index contributed by atoms with van der Waals surface area (Å²) in [7, 11) is -1.15. The molecule has 0 saturated carbocycles. The van der Waals surface area contributed by atoms with Crippen molar-refractivity contribution in [2.45, 2.75) is 12.2 Å². The number of rotatable bonds is 6. The first-order chi connectivity index (χ1) is 10.6. The highest BCUT2D eigenvalue weighted by atomic mass is 79.9. The van der Waals surface area contributed by atoms with Crippen LogP contribution in [0.5, 0.6) is 0 Å². The maximum atomic E-state index is 13.4. The Labute approximate surface area is 139 Å². The van der Waals surface area contributed by atoms with Gasteiger partial charge < -0.3 is 5.32 Å². The molecule has 0 saturated heterocycles. The Morgan fingerprint density at radius 2 is 1.82 bits per heavy atom. The first kappa shape index (κ1) is 16.8. The maximum absolute atomic E-state index is 13.4. The molecule has 3 nitrogen and oxygen atoms in total. The molecule has 0 aliphatic heterocycles. The SMILES string of the molecule is O=C(CC[S@](=O)Cc1ccccc1Br)Nc1ccccc1F. The number of nitrogens with one attached hydrogen (secondary N) is 1. The number of halogens is 2. The largest absolute Gasteiger partial charge is 0.324 e. The van der Waals surface area contributed by atoms with Crippen LogP contribution < -0.4 is 5.32 Å². The van der Waals surface area contributed by atoms with Gasteiger partial charge in [0, 0.05) is 33.2 Å². The Morgan fingerprint density at radius 1 is 1.14 bits per heavy atom. The van der Waals surface area contributed by atoms with Gasteiger partial charge in [0.15, 0.2) is 0 Å². The lowest BCUT2D eigenvalue weighted by molar-refractivity contribution is -0.115. The highest BCUT2D eigenvalue weighted by Gasteiger charge is 2.10. The predicted octanol–water partition coefficient (Wildman–Crippen LogP) is 3.87. The van der Waals surface area contributed by atoms with Crippen molar-refractivity contribution in [3.63, 3.8) is 0 Å². The molecule has 0 bridgehead atoms. The first-order valence-electron chi connectivity index (χ1n) is 6.69. The Bertz CT molecular complexity index is 634. The third kappa shape index (κ3) is 5.03. The third-order valence-electron chi connectivity index (χ3n) is 2.98. The minimum Gasteiger partial charge on any atom is -0.324 e. The van der Waals surface area contributed by atoms with Gasteiger partial charge in [0.05, 0.1) is 5.69 Å². The Balaban J connectivity index is 1.82. The van der Waals surface area contributed by atoms with Gasteiger partial charge in [-0.1, -0.05) is 46.3 Å². The van der Waals surface area contributed by atoms with E-state index in [2.05, 4.69) is 21.2 Å². The number of hydrogen-bond donors (Lipinski definition) is 1. The van der Waals surface area contributed by atoms with E-state index in [4.69, 9.17) is 0 Å². The van der Waals surface area contributed by atoms with E-state index in [9.17, 15) is 13.4 Å². The molecule has 2 aromatic rings. The highest BCUT2D eigenvalue weighted by Crippen LogP contribution is 2.18. The molecule has 0 heterocycles. The minimum absolute atomic E-state index is 0.0887. The molecule has 0 unspecified atom stereocenters. The fourth-order valence-corrected chi connectivity index (χ4v) is 3.61. The predicted molar refractivity (Wildman–Crippen MR) is 90.5 cm³/mol. The lowest BCUT2D eigenvalue weighted by Crippen LogP contribution is -2.16. The zero-order chi connectivity index (χ0) is 15.9. The highest BCUT2D eigenvalue weighted by molar-refractivity contribution is 9.10. The summed E-state index contributed by atoms with van der Waals surface area (Å²) >= 11 is 3.40. The summed E-state index contributed by atoms with van der Waals surface area (Å²) in [4.78, 5) is 11.8. The van der Waals surface area contributed by atoms with Crippen LogP contribution in [-0.2, 0) is 21.3 Å². The van der Waals surface area contributed by atoms with Gasteiger partial charge in [0.1, 0.15) is 5.82 Å². The Hall–Kier alpha value is -1.53. The van der Waals surface area contributed by atoms with Crippen molar-refractivity contribution in [1.82, 2.24) is 0 Å². The van der Waals surface area contributed by atoms with E-state index in [1.165, 1.54) is 12.1 Å². The van der Waals surface area contributed by atoms with Gasteiger partial charge in [0.2, 0.25) is 5.91 Å². The summed E-state index contributed by atoms with van der Waals surface area (Å²) in [6.45, 7) is 0. The number of amides is 1. The summed E-state index contributed by atoms with van der Waals surface area (Å²) in [6.07, 6.45) is 0.0887. The maximum Gasteiger partial charge on any atom is 0.225 e. The van der Waals surface area contributed by atoms with Crippen LogP contribution in [0.25, 0.3) is 0 Å². The lowest BCUT2D eigenvalue weighted by atomic mass is 10.2. The number of carbonyl (C=O) groups excluding carboxylic acids is 1. The number of para-hydroxylation sites is 1. The number of benzene rings is 2. The van der Waals surface area contributed by atoms with Gasteiger partial charge in [-0.05, 0) is 23.8 Å². The molecule has 0 aliphatic carbocycles. The van der Waals surface area contributed by atoms with Crippen LogP contribution >= 0.6 is 15.9 Å². The molecular formula is C16H15BrFNO2S. The Morgan fingerprint density at radius 3 is 2.55 bits per heavy atom. The van der Waals surface area contributed by atoms with Gasteiger partial charge >= 0.3 is 0 Å². The van der Waals surface area contributed by atoms with Crippen molar-refractivity contribution < 1.29 is 13.4 Å². The summed E-state index contributed by atoms with van der Waals surface area (Å²) < 4.78 is 26.3. The smallest absolute Gasteiger partial charge is 0.225 e. The standard InChI is InChI=1S/C16H15BrFNO2S/c17-13-6-2-1-5-12(13)11-22(21)10-9-16(20)19-15-8-4-3-7-14(15)18/h1-8H,9-11H2,(H,19,20)/t22-/m0/s1. The van der Waals surface area contributed by atoms with Crippen LogP contribution in [0.1, 0.15) is 12.0 Å². The van der Waals surface area contributed by atoms with Gasteiger partial charge in [-0.25, -0.2) is 4.39 Å². The fraction of sp³-hybridized carbons (Fsp3) is 0.188. The number of carbonyl (C=O) groups is 1. The van der Waals surface area contributed by atoms with E-state index in [-0.39, 0.29) is 23.8 Å². The van der Waals surface area contributed by atoms with Gasteiger partial charge in [-0.15, -0.1) is 0 Å². The van der Waals surface area contributed by atoms with Crippen LogP contribution in [0.4, 0.5) is 10.1 Å². The number of anilines is 1. The molecule has 2 rings (SSSR count). The van der Waals surface area contributed by atoms with Crippen molar-refractivity contribution in [2.24, 2.45) is 0 Å². The summed E-state index contributed by atoms with van der Waals surface area (Å²) in [5.74, 6) is -0.202. The quantitative estimate of drug-likeness (QED) is 0.822. The monoisotopic (exact) mass is 383 g/mol.